The standard InChI is InChI=1S/C35H56N4O8/c1-10-20(4)29(38(7)34(43)31(19(2)3)47-35(36)44)27(45-8)18-28(40)39-25-16-24(25)17-26(39)32(46-9)21(5)33(42)37-22(6)30(41)23-14-12-11-13-15-23/h11-15,19-22,24-27,29-32,41H,10,16-18H2,1-9H3,(H2,36,44)(H,37,42)/t20-,21+,22+,24-,25-,26-,27+,29-,30+,31-,32+/m0/s1. The number of hydrogen-bond acceptors (Lipinski definition) is 8. The fourth-order valence-corrected chi connectivity index (χ4v) is 7.18. The van der Waals surface area contributed by atoms with Crippen molar-refractivity contribution in [1.82, 2.24) is 15.1 Å². The molecular formula is C35H56N4O8. The van der Waals surface area contributed by atoms with Gasteiger partial charge < -0.3 is 40.2 Å². The van der Waals surface area contributed by atoms with E-state index in [0.29, 0.717) is 17.9 Å². The Morgan fingerprint density at radius 1 is 1.04 bits per heavy atom. The van der Waals surface area contributed by atoms with Crippen LogP contribution >= 0.6 is 0 Å². The zero-order valence-corrected chi connectivity index (χ0v) is 29.4. The molecule has 1 aliphatic heterocycles. The topological polar surface area (TPSA) is 161 Å². The van der Waals surface area contributed by atoms with Crippen LogP contribution in [-0.2, 0) is 28.6 Å². The second-order valence-electron chi connectivity index (χ2n) is 13.7. The Kier molecular flexibility index (Phi) is 13.6. The number of aliphatic hydroxyl groups is 1. The fourth-order valence-electron chi connectivity index (χ4n) is 7.18. The summed E-state index contributed by atoms with van der Waals surface area (Å²) in [7, 11) is 4.73. The van der Waals surface area contributed by atoms with E-state index in [1.165, 1.54) is 12.0 Å². The molecule has 12 nitrogen and oxygen atoms in total. The summed E-state index contributed by atoms with van der Waals surface area (Å²) in [6, 6.07) is 7.88. The van der Waals surface area contributed by atoms with Crippen molar-refractivity contribution in [3.8, 4) is 0 Å². The highest BCUT2D eigenvalue weighted by Crippen LogP contribution is 2.50. The molecule has 1 saturated carbocycles. The number of carbonyl (C=O) groups is 4. The summed E-state index contributed by atoms with van der Waals surface area (Å²) < 4.78 is 17.0. The highest BCUT2D eigenvalue weighted by Gasteiger charge is 2.57. The van der Waals surface area contributed by atoms with Crippen LogP contribution in [0.3, 0.4) is 0 Å². The maximum Gasteiger partial charge on any atom is 0.405 e. The third-order valence-corrected chi connectivity index (χ3v) is 10.1. The number of hydrogen-bond donors (Lipinski definition) is 3. The molecule has 4 N–H and O–H groups in total. The van der Waals surface area contributed by atoms with Crippen molar-refractivity contribution in [2.75, 3.05) is 21.3 Å². The van der Waals surface area contributed by atoms with E-state index < -0.39 is 54.4 Å². The molecule has 1 aromatic rings. The largest absolute Gasteiger partial charge is 0.436 e. The lowest BCUT2D eigenvalue weighted by atomic mass is 9.89. The number of aliphatic hydroxyl groups excluding tert-OH is 1. The first-order valence-corrected chi connectivity index (χ1v) is 16.8. The summed E-state index contributed by atoms with van der Waals surface area (Å²) in [4.78, 5) is 56.2. The molecular weight excluding hydrogens is 604 g/mol. The smallest absolute Gasteiger partial charge is 0.405 e. The van der Waals surface area contributed by atoms with E-state index in [2.05, 4.69) is 5.32 Å². The van der Waals surface area contributed by atoms with Crippen LogP contribution in [0.5, 0.6) is 0 Å². The maximum absolute atomic E-state index is 14.2. The SMILES string of the molecule is CC[C@H](C)[C@@H]([C@@H](CC(=O)N1[C@H]2C[C@H]2C[C@H]1[C@H](OC)[C@@H](C)C(=O)N[C@H](C)[C@@H](O)c1ccccc1)OC)N(C)C(=O)[C@@H](OC(N)=O)C(C)C. The van der Waals surface area contributed by atoms with Crippen LogP contribution < -0.4 is 11.1 Å². The van der Waals surface area contributed by atoms with Crippen LogP contribution in [0, 0.1) is 23.7 Å². The van der Waals surface area contributed by atoms with Gasteiger partial charge in [0.2, 0.25) is 11.8 Å². The summed E-state index contributed by atoms with van der Waals surface area (Å²) in [6.45, 7) is 11.1. The molecule has 264 valence electrons. The number of nitrogens with zero attached hydrogens (tertiary/aromatic N) is 2. The number of ether oxygens (including phenoxy) is 3. The molecule has 2 aliphatic rings. The van der Waals surface area contributed by atoms with Gasteiger partial charge in [-0.3, -0.25) is 14.4 Å². The van der Waals surface area contributed by atoms with Gasteiger partial charge in [-0.05, 0) is 43.1 Å². The van der Waals surface area contributed by atoms with Gasteiger partial charge in [-0.2, -0.15) is 0 Å². The number of amides is 4. The monoisotopic (exact) mass is 660 g/mol. The third kappa shape index (κ3) is 9.03. The normalized spacial score (nSPS) is 23.8. The van der Waals surface area contributed by atoms with E-state index in [9.17, 15) is 24.3 Å². The van der Waals surface area contributed by atoms with Gasteiger partial charge in [0.25, 0.3) is 5.91 Å². The number of fused-ring (bicyclic) bond motifs is 1. The number of likely N-dealkylation sites (N-methyl/N-ethyl adjacent to an activating group) is 1. The first-order chi connectivity index (χ1) is 22.2. The minimum Gasteiger partial charge on any atom is -0.436 e. The van der Waals surface area contributed by atoms with Crippen molar-refractivity contribution in [2.45, 2.75) is 116 Å². The van der Waals surface area contributed by atoms with Crippen LogP contribution in [0.15, 0.2) is 30.3 Å². The maximum atomic E-state index is 14.2. The summed E-state index contributed by atoms with van der Waals surface area (Å²) in [5, 5.41) is 13.7. The quantitative estimate of drug-likeness (QED) is 0.230. The molecule has 0 aromatic heterocycles. The van der Waals surface area contributed by atoms with Gasteiger partial charge >= 0.3 is 6.09 Å². The highest BCUT2D eigenvalue weighted by molar-refractivity contribution is 5.84. The fraction of sp³-hybridized carbons (Fsp3) is 0.714. The average molecular weight is 661 g/mol. The van der Waals surface area contributed by atoms with E-state index >= 15 is 0 Å². The minimum atomic E-state index is -1.07. The first-order valence-electron chi connectivity index (χ1n) is 16.8. The second-order valence-corrected chi connectivity index (χ2v) is 13.7. The number of piperidine rings is 1. The summed E-state index contributed by atoms with van der Waals surface area (Å²) in [5.74, 6) is -1.43. The molecule has 12 heteroatoms. The van der Waals surface area contributed by atoms with Crippen molar-refractivity contribution < 1.29 is 38.5 Å². The zero-order chi connectivity index (χ0) is 35.2. The molecule has 0 radical (unpaired) electrons. The predicted octanol–water partition coefficient (Wildman–Crippen LogP) is 3.26. The van der Waals surface area contributed by atoms with Crippen molar-refractivity contribution >= 4 is 23.8 Å². The molecule has 3 rings (SSSR count). The lowest BCUT2D eigenvalue weighted by molar-refractivity contribution is -0.152. The molecule has 4 amide bonds. The van der Waals surface area contributed by atoms with E-state index in [0.717, 1.165) is 12.8 Å². The summed E-state index contributed by atoms with van der Waals surface area (Å²) in [6.07, 6.45) is -1.84. The summed E-state index contributed by atoms with van der Waals surface area (Å²) in [5.41, 5.74) is 5.97. The zero-order valence-electron chi connectivity index (χ0n) is 29.4. The summed E-state index contributed by atoms with van der Waals surface area (Å²) >= 11 is 0. The molecule has 1 heterocycles. The molecule has 0 spiro atoms. The van der Waals surface area contributed by atoms with Crippen LogP contribution in [0.25, 0.3) is 0 Å². The average Bonchev–Trinajstić information content (AvgIpc) is 3.71. The van der Waals surface area contributed by atoms with Gasteiger partial charge in [-0.25, -0.2) is 4.79 Å². The lowest BCUT2D eigenvalue weighted by Crippen LogP contribution is -2.56. The molecule has 11 atom stereocenters. The first kappa shape index (κ1) is 38.2. The Morgan fingerprint density at radius 3 is 2.21 bits per heavy atom. The van der Waals surface area contributed by atoms with E-state index in [-0.39, 0.29) is 42.2 Å². The number of methoxy groups -OCH3 is 2. The lowest BCUT2D eigenvalue weighted by Gasteiger charge is -2.41. The third-order valence-electron chi connectivity index (χ3n) is 10.1. The van der Waals surface area contributed by atoms with E-state index in [1.807, 2.05) is 49.1 Å². The van der Waals surface area contributed by atoms with Gasteiger partial charge in [0.15, 0.2) is 6.10 Å². The van der Waals surface area contributed by atoms with Gasteiger partial charge in [-0.15, -0.1) is 0 Å². The van der Waals surface area contributed by atoms with Crippen LogP contribution in [-0.4, -0.2) is 102 Å². The molecule has 1 aliphatic carbocycles. The predicted molar refractivity (Wildman–Crippen MR) is 177 cm³/mol. The van der Waals surface area contributed by atoms with Gasteiger partial charge in [-0.1, -0.05) is 71.4 Å². The Bertz CT molecular complexity index is 1220. The number of likely N-dealkylation sites (tertiary alicyclic amines) is 1. The van der Waals surface area contributed by atoms with E-state index in [4.69, 9.17) is 19.9 Å². The number of benzene rings is 1. The number of nitrogens with one attached hydrogen (secondary N) is 1. The minimum absolute atomic E-state index is 0.0170. The van der Waals surface area contributed by atoms with Crippen molar-refractivity contribution in [3.05, 3.63) is 35.9 Å². The Labute approximate surface area is 279 Å². The number of rotatable bonds is 17. The number of nitrogens with two attached hydrogens (primary N) is 1. The molecule has 0 unspecified atom stereocenters. The highest BCUT2D eigenvalue weighted by atomic mass is 16.6. The van der Waals surface area contributed by atoms with Gasteiger partial charge in [0, 0.05) is 27.3 Å². The Balaban J connectivity index is 1.77. The molecule has 47 heavy (non-hydrogen) atoms. The van der Waals surface area contributed by atoms with Crippen LogP contribution in [0.1, 0.15) is 78.9 Å². The van der Waals surface area contributed by atoms with Crippen LogP contribution in [0.2, 0.25) is 0 Å². The van der Waals surface area contributed by atoms with Crippen molar-refractivity contribution in [2.24, 2.45) is 29.4 Å². The van der Waals surface area contributed by atoms with Crippen molar-refractivity contribution in [1.29, 1.82) is 0 Å². The molecule has 2 fully saturated rings. The van der Waals surface area contributed by atoms with E-state index in [1.54, 1.807) is 41.9 Å². The second kappa shape index (κ2) is 16.7. The molecule has 1 aromatic carbocycles. The van der Waals surface area contributed by atoms with Crippen LogP contribution in [0.4, 0.5) is 4.79 Å². The molecule has 1 saturated heterocycles. The Morgan fingerprint density at radius 2 is 1.68 bits per heavy atom. The van der Waals surface area contributed by atoms with Crippen molar-refractivity contribution in [3.63, 3.8) is 0 Å². The van der Waals surface area contributed by atoms with Gasteiger partial charge in [0.05, 0.1) is 48.8 Å². The van der Waals surface area contributed by atoms with Gasteiger partial charge in [0.1, 0.15) is 0 Å². The Hall–Kier alpha value is -3.22. The number of primary amides is 1. The number of carbonyl (C=O) groups excluding carboxylic acids is 4. The molecule has 0 bridgehead atoms.